The van der Waals surface area contributed by atoms with E-state index in [1.165, 1.54) is 11.8 Å². The number of ether oxygens (including phenoxy) is 1. The first-order valence-corrected chi connectivity index (χ1v) is 10.4. The molecular weight excluding hydrogens is 398 g/mol. The van der Waals surface area contributed by atoms with Crippen LogP contribution in [0.15, 0.2) is 76.4 Å². The number of benzene rings is 3. The van der Waals surface area contributed by atoms with Gasteiger partial charge in [-0.2, -0.15) is 0 Å². The summed E-state index contributed by atoms with van der Waals surface area (Å²) in [7, 11) is 3.45. The first-order chi connectivity index (χ1) is 14.6. The van der Waals surface area contributed by atoms with Gasteiger partial charge in [0.25, 0.3) is 5.22 Å². The normalized spacial score (nSPS) is 10.9. The Morgan fingerprint density at radius 3 is 2.60 bits per heavy atom. The number of rotatable bonds is 7. The van der Waals surface area contributed by atoms with E-state index < -0.39 is 0 Å². The van der Waals surface area contributed by atoms with Gasteiger partial charge in [0.05, 0.1) is 12.9 Å². The van der Waals surface area contributed by atoms with Crippen LogP contribution in [0.1, 0.15) is 5.56 Å². The lowest BCUT2D eigenvalue weighted by molar-refractivity contribution is -0.127. The number of hydrogen-bond acceptors (Lipinski definition) is 6. The van der Waals surface area contributed by atoms with E-state index in [1.807, 2.05) is 60.7 Å². The number of thioether (sulfide) groups is 1. The summed E-state index contributed by atoms with van der Waals surface area (Å²) in [4.78, 5) is 14.2. The smallest absolute Gasteiger partial charge is 0.277 e. The zero-order chi connectivity index (χ0) is 20.9. The molecule has 0 aliphatic heterocycles. The summed E-state index contributed by atoms with van der Waals surface area (Å²) < 4.78 is 10.9. The molecule has 4 rings (SSSR count). The van der Waals surface area contributed by atoms with Crippen LogP contribution in [0, 0.1) is 0 Å². The van der Waals surface area contributed by atoms with Crippen LogP contribution in [-0.4, -0.2) is 40.9 Å². The van der Waals surface area contributed by atoms with Gasteiger partial charge in [0.2, 0.25) is 11.8 Å². The van der Waals surface area contributed by atoms with E-state index in [1.54, 1.807) is 19.1 Å². The lowest BCUT2D eigenvalue weighted by Crippen LogP contribution is -2.27. The van der Waals surface area contributed by atoms with Gasteiger partial charge in [-0.3, -0.25) is 4.79 Å². The van der Waals surface area contributed by atoms with Gasteiger partial charge in [0.1, 0.15) is 5.75 Å². The van der Waals surface area contributed by atoms with E-state index >= 15 is 0 Å². The van der Waals surface area contributed by atoms with Crippen molar-refractivity contribution in [3.63, 3.8) is 0 Å². The molecule has 4 aromatic rings. The van der Waals surface area contributed by atoms with Gasteiger partial charge in [-0.1, -0.05) is 48.2 Å². The summed E-state index contributed by atoms with van der Waals surface area (Å²) >= 11 is 1.24. The topological polar surface area (TPSA) is 68.5 Å². The zero-order valence-corrected chi connectivity index (χ0v) is 17.6. The van der Waals surface area contributed by atoms with Crippen molar-refractivity contribution in [2.75, 3.05) is 19.9 Å². The summed E-state index contributed by atoms with van der Waals surface area (Å²) in [6.07, 6.45) is 0. The van der Waals surface area contributed by atoms with Gasteiger partial charge in [-0.15, -0.1) is 10.2 Å². The van der Waals surface area contributed by atoms with Crippen LogP contribution in [0.4, 0.5) is 0 Å². The fourth-order valence-electron chi connectivity index (χ4n) is 3.06. The van der Waals surface area contributed by atoms with Gasteiger partial charge in [-0.05, 0) is 46.7 Å². The highest BCUT2D eigenvalue weighted by atomic mass is 32.2. The molecular formula is C23H21N3O3S. The number of aromatic nitrogens is 2. The highest BCUT2D eigenvalue weighted by Gasteiger charge is 2.14. The molecule has 1 amide bonds. The quantitative estimate of drug-likeness (QED) is 0.406. The third-order valence-electron chi connectivity index (χ3n) is 4.70. The molecule has 0 spiro atoms. The van der Waals surface area contributed by atoms with E-state index in [0.717, 1.165) is 27.6 Å². The van der Waals surface area contributed by atoms with Gasteiger partial charge in [0.15, 0.2) is 0 Å². The van der Waals surface area contributed by atoms with E-state index in [-0.39, 0.29) is 11.7 Å². The molecule has 1 heterocycles. The van der Waals surface area contributed by atoms with Crippen LogP contribution in [0.25, 0.3) is 22.2 Å². The third kappa shape index (κ3) is 4.63. The van der Waals surface area contributed by atoms with Gasteiger partial charge in [-0.25, -0.2) is 0 Å². The molecule has 6 nitrogen and oxygen atoms in total. The third-order valence-corrected chi connectivity index (χ3v) is 5.51. The lowest BCUT2D eigenvalue weighted by atomic mass is 10.1. The number of nitrogens with zero attached hydrogens (tertiary/aromatic N) is 3. The van der Waals surface area contributed by atoms with E-state index in [9.17, 15) is 4.79 Å². The van der Waals surface area contributed by atoms with Crippen LogP contribution in [0.3, 0.4) is 0 Å². The molecule has 0 radical (unpaired) electrons. The maximum atomic E-state index is 12.5. The first kappa shape index (κ1) is 20.0. The Hall–Kier alpha value is -3.32. The highest BCUT2D eigenvalue weighted by Crippen LogP contribution is 2.24. The first-order valence-electron chi connectivity index (χ1n) is 9.45. The number of fused-ring (bicyclic) bond motifs is 1. The molecule has 0 unspecified atom stereocenters. The van der Waals surface area contributed by atoms with Crippen molar-refractivity contribution in [3.8, 4) is 17.2 Å². The van der Waals surface area contributed by atoms with Crippen molar-refractivity contribution in [2.24, 2.45) is 0 Å². The number of carbonyl (C=O) groups excluding carboxylic acids is 1. The van der Waals surface area contributed by atoms with Crippen molar-refractivity contribution in [2.45, 2.75) is 11.8 Å². The summed E-state index contributed by atoms with van der Waals surface area (Å²) in [5, 5.41) is 10.7. The second-order valence-electron chi connectivity index (χ2n) is 6.83. The molecule has 0 saturated carbocycles. The number of methoxy groups -OCH3 is 1. The van der Waals surface area contributed by atoms with Crippen molar-refractivity contribution in [1.82, 2.24) is 15.1 Å². The van der Waals surface area contributed by atoms with Crippen LogP contribution >= 0.6 is 11.8 Å². The summed E-state index contributed by atoms with van der Waals surface area (Å²) in [5.41, 5.74) is 1.92. The molecule has 0 fully saturated rings. The van der Waals surface area contributed by atoms with Gasteiger partial charge in [0, 0.05) is 19.2 Å². The Kier molecular flexibility index (Phi) is 5.99. The molecule has 0 saturated heterocycles. The minimum absolute atomic E-state index is 0.00529. The SMILES string of the molecule is COc1ccc2cc(CN(C)C(=O)CSc3nnc(-c4ccccc4)o3)ccc2c1. The minimum Gasteiger partial charge on any atom is -0.497 e. The van der Waals surface area contributed by atoms with Crippen LogP contribution in [0.2, 0.25) is 0 Å². The standard InChI is InChI=1S/C23H21N3O3S/c1-26(14-16-8-9-19-13-20(28-2)11-10-18(19)12-16)21(27)15-30-23-25-24-22(29-23)17-6-4-3-5-7-17/h3-13H,14-15H2,1-2H3. The maximum absolute atomic E-state index is 12.5. The second kappa shape index (κ2) is 9.00. The van der Waals surface area contributed by atoms with Crippen LogP contribution in [0.5, 0.6) is 5.75 Å². The molecule has 0 N–H and O–H groups in total. The molecule has 7 heteroatoms. The Labute approximate surface area is 178 Å². The maximum Gasteiger partial charge on any atom is 0.277 e. The molecule has 0 aliphatic carbocycles. The lowest BCUT2D eigenvalue weighted by Gasteiger charge is -2.17. The number of hydrogen-bond donors (Lipinski definition) is 0. The predicted octanol–water partition coefficient (Wildman–Crippen LogP) is 4.65. The monoisotopic (exact) mass is 419 g/mol. The van der Waals surface area contributed by atoms with Crippen LogP contribution in [-0.2, 0) is 11.3 Å². The summed E-state index contributed by atoms with van der Waals surface area (Å²) in [5.74, 6) is 1.51. The molecule has 0 bridgehead atoms. The van der Waals surface area contributed by atoms with Crippen molar-refractivity contribution < 1.29 is 13.9 Å². The average molecular weight is 420 g/mol. The average Bonchev–Trinajstić information content (AvgIpc) is 3.26. The Bertz CT molecular complexity index is 1160. The summed E-state index contributed by atoms with van der Waals surface area (Å²) in [6.45, 7) is 0.528. The van der Waals surface area contributed by atoms with Crippen molar-refractivity contribution in [1.29, 1.82) is 0 Å². The fourth-order valence-corrected chi connectivity index (χ4v) is 3.76. The van der Waals surface area contributed by atoms with E-state index in [2.05, 4.69) is 16.3 Å². The number of amides is 1. The highest BCUT2D eigenvalue weighted by molar-refractivity contribution is 7.99. The van der Waals surface area contributed by atoms with Crippen molar-refractivity contribution in [3.05, 3.63) is 72.3 Å². The molecule has 0 atom stereocenters. The molecule has 3 aromatic carbocycles. The second-order valence-corrected chi connectivity index (χ2v) is 7.75. The Morgan fingerprint density at radius 1 is 1.03 bits per heavy atom. The van der Waals surface area contributed by atoms with Crippen LogP contribution < -0.4 is 4.74 Å². The fraction of sp³-hybridized carbons (Fsp3) is 0.174. The van der Waals surface area contributed by atoms with Gasteiger partial charge >= 0.3 is 0 Å². The van der Waals surface area contributed by atoms with Gasteiger partial charge < -0.3 is 14.1 Å². The molecule has 1 aromatic heterocycles. The Morgan fingerprint density at radius 2 is 1.80 bits per heavy atom. The zero-order valence-electron chi connectivity index (χ0n) is 16.7. The van der Waals surface area contributed by atoms with E-state index in [4.69, 9.17) is 9.15 Å². The molecule has 152 valence electrons. The largest absolute Gasteiger partial charge is 0.497 e. The molecule has 0 aliphatic rings. The van der Waals surface area contributed by atoms with Crippen molar-refractivity contribution >= 4 is 28.4 Å². The predicted molar refractivity (Wildman–Crippen MR) is 117 cm³/mol. The number of carbonyl (C=O) groups is 1. The summed E-state index contributed by atoms with van der Waals surface area (Å²) in [6, 6.07) is 21.7. The molecule has 30 heavy (non-hydrogen) atoms. The Balaban J connectivity index is 1.35. The van der Waals surface area contributed by atoms with E-state index in [0.29, 0.717) is 17.7 Å². The minimum atomic E-state index is -0.00529.